The molecule has 0 radical (unpaired) electrons. The monoisotopic (exact) mass is 640 g/mol. The maximum absolute atomic E-state index is 13.4. The second kappa shape index (κ2) is 13.1. The Hall–Kier alpha value is -5.24. The average molecular weight is 641 g/mol. The number of fused-ring (bicyclic) bond motifs is 4. The van der Waals surface area contributed by atoms with E-state index in [1.54, 1.807) is 0 Å². The van der Waals surface area contributed by atoms with E-state index in [0.717, 1.165) is 35.1 Å². The van der Waals surface area contributed by atoms with Crippen LogP contribution in [0.5, 0.6) is 11.5 Å². The molecule has 2 fully saturated rings. The molecule has 4 heterocycles. The van der Waals surface area contributed by atoms with Crippen LogP contribution >= 0.6 is 0 Å². The Labute approximate surface area is 281 Å². The molecular formula is C40H40N4O4. The van der Waals surface area contributed by atoms with E-state index in [4.69, 9.17) is 14.5 Å². The fraction of sp³-hybridized carbons (Fsp3) is 0.300. The van der Waals surface area contributed by atoms with Crippen molar-refractivity contribution in [2.24, 2.45) is 9.98 Å². The predicted octanol–water partition coefficient (Wildman–Crippen LogP) is 7.94. The first-order valence-electron chi connectivity index (χ1n) is 16.6. The first kappa shape index (κ1) is 31.4. The van der Waals surface area contributed by atoms with Crippen LogP contribution in [0.15, 0.2) is 87.9 Å². The van der Waals surface area contributed by atoms with Crippen molar-refractivity contribution >= 4 is 41.7 Å². The smallest absolute Gasteiger partial charge is 0.256 e. The third-order valence-corrected chi connectivity index (χ3v) is 9.56. The van der Waals surface area contributed by atoms with Crippen LogP contribution in [0.1, 0.15) is 76.6 Å². The molecular weight excluding hydrogens is 600 g/mol. The highest BCUT2D eigenvalue weighted by molar-refractivity contribution is 6.04. The van der Waals surface area contributed by atoms with Crippen LogP contribution in [-0.2, 0) is 13.2 Å². The number of hydrogen-bond donors (Lipinski definition) is 0. The summed E-state index contributed by atoms with van der Waals surface area (Å²) in [6.45, 7) is 9.98. The Morgan fingerprint density at radius 3 is 1.98 bits per heavy atom. The zero-order chi connectivity index (χ0) is 33.4. The predicted molar refractivity (Wildman–Crippen MR) is 190 cm³/mol. The van der Waals surface area contributed by atoms with Crippen LogP contribution in [0.2, 0.25) is 0 Å². The van der Waals surface area contributed by atoms with Crippen molar-refractivity contribution < 1.29 is 19.1 Å². The Bertz CT molecular complexity index is 1950. The molecule has 48 heavy (non-hydrogen) atoms. The number of carbonyl (C=O) groups excluding carboxylic acids is 2. The summed E-state index contributed by atoms with van der Waals surface area (Å²) in [7, 11) is 0. The third-order valence-electron chi connectivity index (χ3n) is 9.56. The standard InChI is InChI=1S/C40H40N4O4/c1-5-8-28-12-29(23-47-33-9-10-34-36(17-33)41-19-31-15-26(6-2)21-43(31)39(34)45)14-30(13-28)24-48-38-18-37-35(11-25(38)4)40(46)44-22-27(7-3)16-32(44)20-42-37/h5-14,17-20,31-32H,15-16,21-24H2,1-4H3/b8-5?,26-6+,27-7+/t31-,32-/m0/s1. The summed E-state index contributed by atoms with van der Waals surface area (Å²) < 4.78 is 12.6. The molecule has 0 spiro atoms. The van der Waals surface area contributed by atoms with E-state index in [9.17, 15) is 9.59 Å². The SMILES string of the molecule is CC=Cc1cc(COc2ccc3c(c2)N=C[C@@H]2C/C(=C\C)CN2C3=O)cc(COc2cc3c(cc2C)C(=O)N2C/C(=C/C)C[C@H]2C=N3)c1. The van der Waals surface area contributed by atoms with Crippen LogP contribution in [0.4, 0.5) is 11.4 Å². The second-order valence-corrected chi connectivity index (χ2v) is 12.8. The molecule has 0 aliphatic carbocycles. The minimum Gasteiger partial charge on any atom is -0.489 e. The quantitative estimate of drug-likeness (QED) is 0.246. The van der Waals surface area contributed by atoms with E-state index in [1.165, 1.54) is 11.1 Å². The van der Waals surface area contributed by atoms with Crippen molar-refractivity contribution in [1.82, 2.24) is 9.80 Å². The molecule has 2 amide bonds. The summed E-state index contributed by atoms with van der Waals surface area (Å²) in [6.07, 6.45) is 13.7. The van der Waals surface area contributed by atoms with Gasteiger partial charge in [-0.25, -0.2) is 0 Å². The van der Waals surface area contributed by atoms with Crippen molar-refractivity contribution in [2.75, 3.05) is 13.1 Å². The number of benzene rings is 3. The van der Waals surface area contributed by atoms with E-state index in [-0.39, 0.29) is 23.9 Å². The number of carbonyl (C=O) groups is 2. The minimum atomic E-state index is -0.0127. The van der Waals surface area contributed by atoms with E-state index in [0.29, 0.717) is 60.3 Å². The van der Waals surface area contributed by atoms with Crippen molar-refractivity contribution in [2.45, 2.75) is 65.8 Å². The number of hydrogen-bond acceptors (Lipinski definition) is 6. The van der Waals surface area contributed by atoms with Crippen molar-refractivity contribution in [3.63, 3.8) is 0 Å². The van der Waals surface area contributed by atoms with Crippen LogP contribution in [0.25, 0.3) is 6.08 Å². The molecule has 2 saturated heterocycles. The summed E-state index contributed by atoms with van der Waals surface area (Å²) >= 11 is 0. The van der Waals surface area contributed by atoms with Gasteiger partial charge in [-0.3, -0.25) is 19.6 Å². The first-order chi connectivity index (χ1) is 23.3. The van der Waals surface area contributed by atoms with Crippen LogP contribution in [0.3, 0.4) is 0 Å². The van der Waals surface area contributed by atoms with Gasteiger partial charge in [0.25, 0.3) is 11.8 Å². The lowest BCUT2D eigenvalue weighted by Crippen LogP contribution is -2.35. The van der Waals surface area contributed by atoms with Crippen molar-refractivity contribution in [3.05, 3.63) is 111 Å². The summed E-state index contributed by atoms with van der Waals surface area (Å²) in [4.78, 5) is 39.9. The van der Waals surface area contributed by atoms with Crippen molar-refractivity contribution in [1.29, 1.82) is 0 Å². The zero-order valence-corrected chi connectivity index (χ0v) is 27.9. The molecule has 4 aliphatic heterocycles. The average Bonchev–Trinajstić information content (AvgIpc) is 3.66. The molecule has 4 aliphatic rings. The van der Waals surface area contributed by atoms with Gasteiger partial charge < -0.3 is 19.3 Å². The molecule has 8 heteroatoms. The highest BCUT2D eigenvalue weighted by Crippen LogP contribution is 2.36. The maximum Gasteiger partial charge on any atom is 0.256 e. The highest BCUT2D eigenvalue weighted by Gasteiger charge is 2.35. The van der Waals surface area contributed by atoms with Gasteiger partial charge in [-0.1, -0.05) is 35.5 Å². The van der Waals surface area contributed by atoms with Gasteiger partial charge >= 0.3 is 0 Å². The van der Waals surface area contributed by atoms with Gasteiger partial charge in [0.15, 0.2) is 0 Å². The minimum absolute atomic E-state index is 0.00560. The van der Waals surface area contributed by atoms with Crippen LogP contribution in [0, 0.1) is 6.92 Å². The molecule has 3 aromatic carbocycles. The van der Waals surface area contributed by atoms with Gasteiger partial charge in [0.05, 0.1) is 34.6 Å². The molecule has 2 atom stereocenters. The molecule has 0 aromatic heterocycles. The molecule has 244 valence electrons. The molecule has 3 aromatic rings. The fourth-order valence-electron chi connectivity index (χ4n) is 6.90. The lowest BCUT2D eigenvalue weighted by molar-refractivity contribution is 0.0770. The lowest BCUT2D eigenvalue weighted by atomic mass is 10.1. The first-order valence-corrected chi connectivity index (χ1v) is 16.6. The molecule has 0 bridgehead atoms. The molecule has 8 nitrogen and oxygen atoms in total. The maximum atomic E-state index is 13.4. The number of aliphatic imine (C=N–C) groups is 2. The van der Waals surface area contributed by atoms with Gasteiger partial charge in [0.2, 0.25) is 0 Å². The fourth-order valence-corrected chi connectivity index (χ4v) is 6.90. The van der Waals surface area contributed by atoms with Crippen LogP contribution in [-0.4, -0.2) is 59.2 Å². The summed E-state index contributed by atoms with van der Waals surface area (Å²) in [5.74, 6) is 1.37. The lowest BCUT2D eigenvalue weighted by Gasteiger charge is -2.20. The normalized spacial score (nSPS) is 21.4. The number of amides is 2. The summed E-state index contributed by atoms with van der Waals surface area (Å²) in [6, 6.07) is 15.6. The van der Waals surface area contributed by atoms with E-state index < -0.39 is 0 Å². The molecule has 0 saturated carbocycles. The van der Waals surface area contributed by atoms with E-state index in [2.05, 4.69) is 41.4 Å². The molecule has 0 N–H and O–H groups in total. The topological polar surface area (TPSA) is 83.8 Å². The molecule has 7 rings (SSSR count). The highest BCUT2D eigenvalue weighted by atomic mass is 16.5. The molecule has 0 unspecified atom stereocenters. The summed E-state index contributed by atoms with van der Waals surface area (Å²) in [5.41, 5.74) is 8.93. The Kier molecular flexibility index (Phi) is 8.56. The van der Waals surface area contributed by atoms with Gasteiger partial charge in [0.1, 0.15) is 24.7 Å². The number of aryl methyl sites for hydroxylation is 1. The largest absolute Gasteiger partial charge is 0.489 e. The summed E-state index contributed by atoms with van der Waals surface area (Å²) in [5, 5.41) is 0. The zero-order valence-electron chi connectivity index (χ0n) is 27.9. The number of nitrogens with zero attached hydrogens (tertiary/aromatic N) is 4. The van der Waals surface area contributed by atoms with E-state index >= 15 is 0 Å². The Balaban J connectivity index is 1.06. The van der Waals surface area contributed by atoms with Crippen LogP contribution < -0.4 is 9.47 Å². The number of rotatable bonds is 7. The number of ether oxygens (including phenoxy) is 2. The van der Waals surface area contributed by atoms with Gasteiger partial charge in [-0.15, -0.1) is 0 Å². The Morgan fingerprint density at radius 2 is 1.35 bits per heavy atom. The third kappa shape index (κ3) is 6.10. The Morgan fingerprint density at radius 1 is 0.750 bits per heavy atom. The second-order valence-electron chi connectivity index (χ2n) is 12.8. The van der Waals surface area contributed by atoms with Gasteiger partial charge in [-0.05, 0) is 99.2 Å². The van der Waals surface area contributed by atoms with E-state index in [1.807, 2.05) is 86.3 Å². The van der Waals surface area contributed by atoms with Gasteiger partial charge in [-0.2, -0.15) is 0 Å². The van der Waals surface area contributed by atoms with Crippen molar-refractivity contribution in [3.8, 4) is 11.5 Å². The van der Waals surface area contributed by atoms with Gasteiger partial charge in [0, 0.05) is 37.7 Å². The number of allylic oxidation sites excluding steroid dienone is 3.